The van der Waals surface area contributed by atoms with E-state index in [-0.39, 0.29) is 11.3 Å². The molecule has 0 bridgehead atoms. The molecule has 21 heavy (non-hydrogen) atoms. The van der Waals surface area contributed by atoms with Crippen LogP contribution in [0.15, 0.2) is 36.5 Å². The van der Waals surface area contributed by atoms with E-state index in [1.807, 2.05) is 30.3 Å². The fraction of sp³-hybridized carbons (Fsp3) is 0.412. The summed E-state index contributed by atoms with van der Waals surface area (Å²) < 4.78 is 0. The predicted molar refractivity (Wildman–Crippen MR) is 85.7 cm³/mol. The zero-order valence-corrected chi connectivity index (χ0v) is 12.6. The number of hydrogen-bond acceptors (Lipinski definition) is 2. The lowest BCUT2D eigenvalue weighted by atomic mass is 9.88. The molecule has 1 N–H and O–H groups in total. The second-order valence-electron chi connectivity index (χ2n) is 5.68. The van der Waals surface area contributed by atoms with Crippen molar-refractivity contribution in [2.45, 2.75) is 31.1 Å². The summed E-state index contributed by atoms with van der Waals surface area (Å²) >= 11 is 6.33. The third kappa shape index (κ3) is 3.35. The van der Waals surface area contributed by atoms with Crippen molar-refractivity contribution >= 4 is 28.4 Å². The highest BCUT2D eigenvalue weighted by molar-refractivity contribution is 6.20. The molecule has 1 fully saturated rings. The maximum Gasteiger partial charge on any atom is 0.251 e. The van der Waals surface area contributed by atoms with Crippen LogP contribution in [-0.2, 0) is 0 Å². The maximum absolute atomic E-state index is 12.3. The molecule has 1 aliphatic rings. The molecular formula is C17H19ClN2O. The fourth-order valence-electron chi connectivity index (χ4n) is 2.94. The molecule has 2 atom stereocenters. The van der Waals surface area contributed by atoms with Crippen molar-refractivity contribution in [3.63, 3.8) is 0 Å². The SMILES string of the molecule is O=C(NCC1CCCCC1Cl)c1ccc2ncccc2c1. The molecule has 0 aliphatic heterocycles. The highest BCUT2D eigenvalue weighted by Gasteiger charge is 2.23. The average Bonchev–Trinajstić information content (AvgIpc) is 2.53. The van der Waals surface area contributed by atoms with Gasteiger partial charge in [0.1, 0.15) is 0 Å². The summed E-state index contributed by atoms with van der Waals surface area (Å²) in [7, 11) is 0. The number of carbonyl (C=O) groups is 1. The largest absolute Gasteiger partial charge is 0.352 e. The molecule has 1 aromatic carbocycles. The van der Waals surface area contributed by atoms with Gasteiger partial charge in [-0.1, -0.05) is 18.9 Å². The lowest BCUT2D eigenvalue weighted by molar-refractivity contribution is 0.0944. The quantitative estimate of drug-likeness (QED) is 0.877. The minimum atomic E-state index is -0.0322. The summed E-state index contributed by atoms with van der Waals surface area (Å²) in [5, 5.41) is 4.20. The second-order valence-corrected chi connectivity index (χ2v) is 6.24. The molecule has 1 amide bonds. The van der Waals surface area contributed by atoms with Crippen LogP contribution in [0.1, 0.15) is 36.0 Å². The molecular weight excluding hydrogens is 284 g/mol. The van der Waals surface area contributed by atoms with Gasteiger partial charge in [0.2, 0.25) is 0 Å². The molecule has 0 radical (unpaired) electrons. The van der Waals surface area contributed by atoms with Gasteiger partial charge in [-0.2, -0.15) is 0 Å². The van der Waals surface area contributed by atoms with E-state index in [2.05, 4.69) is 10.3 Å². The normalized spacial score (nSPS) is 22.1. The van der Waals surface area contributed by atoms with Crippen molar-refractivity contribution in [2.24, 2.45) is 5.92 Å². The molecule has 1 heterocycles. The van der Waals surface area contributed by atoms with Crippen LogP contribution in [0.4, 0.5) is 0 Å². The molecule has 2 aromatic rings. The van der Waals surface area contributed by atoms with Gasteiger partial charge in [0, 0.05) is 29.1 Å². The molecule has 1 aromatic heterocycles. The first-order valence-electron chi connectivity index (χ1n) is 7.51. The average molecular weight is 303 g/mol. The highest BCUT2D eigenvalue weighted by Crippen LogP contribution is 2.28. The van der Waals surface area contributed by atoms with Crippen LogP contribution in [0, 0.1) is 5.92 Å². The second kappa shape index (κ2) is 6.44. The molecule has 0 saturated heterocycles. The molecule has 1 aliphatic carbocycles. The van der Waals surface area contributed by atoms with Gasteiger partial charge in [-0.25, -0.2) is 0 Å². The molecule has 3 rings (SSSR count). The Morgan fingerprint density at radius 1 is 1.29 bits per heavy atom. The van der Waals surface area contributed by atoms with E-state index in [0.29, 0.717) is 18.0 Å². The first-order valence-corrected chi connectivity index (χ1v) is 7.95. The molecule has 0 spiro atoms. The Bertz CT molecular complexity index is 643. The first-order chi connectivity index (χ1) is 10.2. The molecule has 3 nitrogen and oxygen atoms in total. The maximum atomic E-state index is 12.3. The van der Waals surface area contributed by atoms with Crippen molar-refractivity contribution in [2.75, 3.05) is 6.54 Å². The lowest BCUT2D eigenvalue weighted by Crippen LogP contribution is -2.34. The van der Waals surface area contributed by atoms with Gasteiger partial charge in [-0.15, -0.1) is 11.6 Å². The minimum absolute atomic E-state index is 0.0322. The van der Waals surface area contributed by atoms with E-state index in [4.69, 9.17) is 11.6 Å². The number of aromatic nitrogens is 1. The van der Waals surface area contributed by atoms with Crippen molar-refractivity contribution in [3.8, 4) is 0 Å². The van der Waals surface area contributed by atoms with Gasteiger partial charge in [-0.3, -0.25) is 9.78 Å². The summed E-state index contributed by atoms with van der Waals surface area (Å²) in [5.74, 6) is 0.363. The molecule has 4 heteroatoms. The van der Waals surface area contributed by atoms with Crippen LogP contribution < -0.4 is 5.32 Å². The number of fused-ring (bicyclic) bond motifs is 1. The number of nitrogens with one attached hydrogen (secondary N) is 1. The van der Waals surface area contributed by atoms with E-state index in [0.717, 1.165) is 23.7 Å². The summed E-state index contributed by atoms with van der Waals surface area (Å²) in [6.07, 6.45) is 6.34. The van der Waals surface area contributed by atoms with E-state index < -0.39 is 0 Å². The zero-order valence-electron chi connectivity index (χ0n) is 11.9. The summed E-state index contributed by atoms with van der Waals surface area (Å²) in [4.78, 5) is 16.5. The van der Waals surface area contributed by atoms with Gasteiger partial charge in [-0.05, 0) is 43.0 Å². The number of alkyl halides is 1. The van der Waals surface area contributed by atoms with Crippen LogP contribution >= 0.6 is 11.6 Å². The molecule has 2 unspecified atom stereocenters. The van der Waals surface area contributed by atoms with Crippen LogP contribution in [0.5, 0.6) is 0 Å². The van der Waals surface area contributed by atoms with Gasteiger partial charge < -0.3 is 5.32 Å². The van der Waals surface area contributed by atoms with Gasteiger partial charge in [0.15, 0.2) is 0 Å². The topological polar surface area (TPSA) is 42.0 Å². The Labute approximate surface area is 129 Å². The van der Waals surface area contributed by atoms with E-state index in [9.17, 15) is 4.79 Å². The monoisotopic (exact) mass is 302 g/mol. The summed E-state index contributed by atoms with van der Waals surface area (Å²) in [6.45, 7) is 0.665. The third-order valence-electron chi connectivity index (χ3n) is 4.21. The number of halogens is 1. The molecule has 110 valence electrons. The number of amides is 1. The Balaban J connectivity index is 1.66. The van der Waals surface area contributed by atoms with E-state index in [1.165, 1.54) is 12.8 Å². The zero-order chi connectivity index (χ0) is 14.7. The van der Waals surface area contributed by atoms with Crippen LogP contribution in [0.3, 0.4) is 0 Å². The van der Waals surface area contributed by atoms with Crippen molar-refractivity contribution in [3.05, 3.63) is 42.1 Å². The lowest BCUT2D eigenvalue weighted by Gasteiger charge is -2.27. The van der Waals surface area contributed by atoms with E-state index >= 15 is 0 Å². The molecule has 1 saturated carbocycles. The Kier molecular flexibility index (Phi) is 4.39. The van der Waals surface area contributed by atoms with Crippen LogP contribution in [-0.4, -0.2) is 22.8 Å². The van der Waals surface area contributed by atoms with Crippen molar-refractivity contribution in [1.82, 2.24) is 10.3 Å². The first kappa shape index (κ1) is 14.3. The van der Waals surface area contributed by atoms with Gasteiger partial charge in [0.25, 0.3) is 5.91 Å². The standard InChI is InChI=1S/C17H19ClN2O/c18-15-6-2-1-4-14(15)11-20-17(21)13-7-8-16-12(10-13)5-3-9-19-16/h3,5,7-10,14-15H,1-2,4,6,11H2,(H,20,21). The Morgan fingerprint density at radius 3 is 3.00 bits per heavy atom. The number of carbonyl (C=O) groups excluding carboxylic acids is 1. The van der Waals surface area contributed by atoms with Crippen LogP contribution in [0.2, 0.25) is 0 Å². The highest BCUT2D eigenvalue weighted by atomic mass is 35.5. The minimum Gasteiger partial charge on any atom is -0.352 e. The number of benzene rings is 1. The third-order valence-corrected chi connectivity index (χ3v) is 4.78. The van der Waals surface area contributed by atoms with Crippen molar-refractivity contribution in [1.29, 1.82) is 0 Å². The number of nitrogens with zero attached hydrogens (tertiary/aromatic N) is 1. The Hall–Kier alpha value is -1.61. The van der Waals surface area contributed by atoms with Gasteiger partial charge in [0.05, 0.1) is 5.52 Å². The van der Waals surface area contributed by atoms with E-state index in [1.54, 1.807) is 6.20 Å². The predicted octanol–water partition coefficient (Wildman–Crippen LogP) is 3.76. The summed E-state index contributed by atoms with van der Waals surface area (Å²) in [6, 6.07) is 9.44. The fourth-order valence-corrected chi connectivity index (χ4v) is 3.30. The van der Waals surface area contributed by atoms with Crippen LogP contribution in [0.25, 0.3) is 10.9 Å². The Morgan fingerprint density at radius 2 is 2.14 bits per heavy atom. The van der Waals surface area contributed by atoms with Crippen molar-refractivity contribution < 1.29 is 4.79 Å². The summed E-state index contributed by atoms with van der Waals surface area (Å²) in [5.41, 5.74) is 1.58. The van der Waals surface area contributed by atoms with Gasteiger partial charge >= 0.3 is 0 Å². The number of hydrogen-bond donors (Lipinski definition) is 1. The number of pyridine rings is 1. The smallest absolute Gasteiger partial charge is 0.251 e. The number of rotatable bonds is 3.